The van der Waals surface area contributed by atoms with Gasteiger partial charge in [-0.1, -0.05) is 6.92 Å². The lowest BCUT2D eigenvalue weighted by atomic mass is 9.78. The highest BCUT2D eigenvalue weighted by atomic mass is 16.5. The van der Waals surface area contributed by atoms with Crippen molar-refractivity contribution >= 4 is 0 Å². The van der Waals surface area contributed by atoms with Gasteiger partial charge in [-0.05, 0) is 59.1 Å². The molecule has 2 heterocycles. The molecule has 118 valence electrons. The number of nitrogens with zero attached hydrogens (tertiary/aromatic N) is 2. The summed E-state index contributed by atoms with van der Waals surface area (Å²) in [6.07, 6.45) is 1.80. The maximum Gasteiger partial charge on any atom is 0.0681 e. The molecular weight excluding hydrogens is 264 g/mol. The van der Waals surface area contributed by atoms with Gasteiger partial charge in [0.15, 0.2) is 0 Å². The van der Waals surface area contributed by atoms with E-state index in [9.17, 15) is 0 Å². The van der Waals surface area contributed by atoms with E-state index in [4.69, 9.17) is 10.6 Å². The van der Waals surface area contributed by atoms with Gasteiger partial charge in [-0.15, -0.1) is 0 Å². The van der Waals surface area contributed by atoms with Crippen LogP contribution in [0.2, 0.25) is 0 Å². The van der Waals surface area contributed by atoms with E-state index >= 15 is 0 Å². The quantitative estimate of drug-likeness (QED) is 0.658. The maximum atomic E-state index is 6.23. The van der Waals surface area contributed by atoms with Crippen molar-refractivity contribution in [3.8, 4) is 0 Å². The highest BCUT2D eigenvalue weighted by molar-refractivity contribution is 5.27. The Morgan fingerprint density at radius 1 is 1.38 bits per heavy atom. The van der Waals surface area contributed by atoms with Gasteiger partial charge in [-0.2, -0.15) is 10.2 Å². The van der Waals surface area contributed by atoms with E-state index in [0.29, 0.717) is 0 Å². The minimum absolute atomic E-state index is 0.0194. The Kier molecular flexibility index (Phi) is 4.38. The Morgan fingerprint density at radius 2 is 2.05 bits per heavy atom. The van der Waals surface area contributed by atoms with Crippen molar-refractivity contribution in [3.05, 3.63) is 23.0 Å². The molecule has 0 spiro atoms. The molecule has 0 saturated carbocycles. The second kappa shape index (κ2) is 5.63. The van der Waals surface area contributed by atoms with Gasteiger partial charge < -0.3 is 4.74 Å². The molecule has 1 aliphatic rings. The van der Waals surface area contributed by atoms with Crippen molar-refractivity contribution in [2.24, 2.45) is 11.8 Å². The lowest BCUT2D eigenvalue weighted by Crippen LogP contribution is -2.41. The fourth-order valence-corrected chi connectivity index (χ4v) is 3.63. The number of hydrazine groups is 1. The smallest absolute Gasteiger partial charge is 0.0681 e. The van der Waals surface area contributed by atoms with E-state index < -0.39 is 0 Å². The first-order chi connectivity index (χ1) is 9.70. The molecule has 0 radical (unpaired) electrons. The Morgan fingerprint density at radius 3 is 2.52 bits per heavy atom. The van der Waals surface area contributed by atoms with E-state index in [1.54, 1.807) is 0 Å². The molecule has 5 heteroatoms. The Labute approximate surface area is 127 Å². The molecule has 1 aromatic rings. The van der Waals surface area contributed by atoms with Crippen LogP contribution in [0.3, 0.4) is 0 Å². The molecule has 3 N–H and O–H groups in total. The first-order valence-electron chi connectivity index (χ1n) is 7.69. The Hall–Kier alpha value is -1.04. The van der Waals surface area contributed by atoms with Gasteiger partial charge in [-0.25, -0.2) is 0 Å². The van der Waals surface area contributed by atoms with Gasteiger partial charge in [0, 0.05) is 5.92 Å². The Balaban J connectivity index is 2.43. The SMILES string of the molecule is CCc1nnc(C)cc1C(NN)C1CC(C)(C)OC1(C)C. The van der Waals surface area contributed by atoms with Gasteiger partial charge in [0.2, 0.25) is 0 Å². The summed E-state index contributed by atoms with van der Waals surface area (Å²) in [4.78, 5) is 0. The fraction of sp³-hybridized carbons (Fsp3) is 0.750. The van der Waals surface area contributed by atoms with Crippen LogP contribution in [0.1, 0.15) is 64.0 Å². The molecule has 1 saturated heterocycles. The van der Waals surface area contributed by atoms with Gasteiger partial charge in [0.1, 0.15) is 0 Å². The van der Waals surface area contributed by atoms with Crippen molar-refractivity contribution in [3.63, 3.8) is 0 Å². The summed E-state index contributed by atoms with van der Waals surface area (Å²) in [6.45, 7) is 12.6. The summed E-state index contributed by atoms with van der Waals surface area (Å²) in [7, 11) is 0. The topological polar surface area (TPSA) is 73.1 Å². The zero-order valence-electron chi connectivity index (χ0n) is 14.0. The van der Waals surface area contributed by atoms with Crippen LogP contribution in [0, 0.1) is 12.8 Å². The number of nitrogens with two attached hydrogens (primary N) is 1. The summed E-state index contributed by atoms with van der Waals surface area (Å²) in [5, 5.41) is 8.50. The average Bonchev–Trinajstić information content (AvgIpc) is 2.59. The van der Waals surface area contributed by atoms with Crippen LogP contribution in [0.25, 0.3) is 0 Å². The normalized spacial score (nSPS) is 25.0. The van der Waals surface area contributed by atoms with Crippen LogP contribution in [-0.4, -0.2) is 21.4 Å². The summed E-state index contributed by atoms with van der Waals surface area (Å²) < 4.78 is 6.23. The Bertz CT molecular complexity index is 513. The molecule has 0 aliphatic carbocycles. The summed E-state index contributed by atoms with van der Waals surface area (Å²) in [6, 6.07) is 2.11. The molecule has 2 unspecified atom stereocenters. The first kappa shape index (κ1) is 16.3. The second-order valence-corrected chi connectivity index (χ2v) is 7.16. The van der Waals surface area contributed by atoms with Gasteiger partial charge in [0.05, 0.1) is 28.6 Å². The predicted octanol–water partition coefficient (Wildman–Crippen LogP) is 2.45. The zero-order chi connectivity index (χ0) is 15.8. The summed E-state index contributed by atoms with van der Waals surface area (Å²) in [5.41, 5.74) is 5.70. The number of hydrogen-bond acceptors (Lipinski definition) is 5. The van der Waals surface area contributed by atoms with Crippen LogP contribution < -0.4 is 11.3 Å². The number of rotatable bonds is 4. The van der Waals surface area contributed by atoms with Gasteiger partial charge in [0.25, 0.3) is 0 Å². The lowest BCUT2D eigenvalue weighted by Gasteiger charge is -2.33. The number of nitrogens with one attached hydrogen (secondary N) is 1. The van der Waals surface area contributed by atoms with Crippen molar-refractivity contribution in [2.45, 2.75) is 71.6 Å². The number of hydrogen-bond donors (Lipinski definition) is 2. The van der Waals surface area contributed by atoms with Crippen LogP contribution >= 0.6 is 0 Å². The average molecular weight is 292 g/mol. The molecule has 1 aliphatic heterocycles. The predicted molar refractivity (Wildman–Crippen MR) is 83.6 cm³/mol. The minimum atomic E-state index is -0.233. The third kappa shape index (κ3) is 3.25. The van der Waals surface area contributed by atoms with Crippen LogP contribution in [0.4, 0.5) is 0 Å². The van der Waals surface area contributed by atoms with E-state index in [-0.39, 0.29) is 23.2 Å². The molecule has 0 amide bonds. The monoisotopic (exact) mass is 292 g/mol. The molecule has 5 nitrogen and oxygen atoms in total. The molecule has 2 atom stereocenters. The maximum absolute atomic E-state index is 6.23. The largest absolute Gasteiger partial charge is 0.369 e. The van der Waals surface area contributed by atoms with E-state index in [2.05, 4.69) is 56.3 Å². The van der Waals surface area contributed by atoms with Crippen molar-refractivity contribution in [1.82, 2.24) is 15.6 Å². The number of ether oxygens (including phenoxy) is 1. The summed E-state index contributed by atoms with van der Waals surface area (Å²) in [5.74, 6) is 6.20. The van der Waals surface area contributed by atoms with Crippen molar-refractivity contribution < 1.29 is 4.74 Å². The molecular formula is C16H28N4O. The fourth-order valence-electron chi connectivity index (χ4n) is 3.63. The number of aromatic nitrogens is 2. The lowest BCUT2D eigenvalue weighted by molar-refractivity contribution is -0.0779. The highest BCUT2D eigenvalue weighted by Gasteiger charge is 2.49. The second-order valence-electron chi connectivity index (χ2n) is 7.16. The van der Waals surface area contributed by atoms with Crippen LogP contribution in [0.5, 0.6) is 0 Å². The summed E-state index contributed by atoms with van der Waals surface area (Å²) >= 11 is 0. The first-order valence-corrected chi connectivity index (χ1v) is 7.69. The molecule has 1 fully saturated rings. The van der Waals surface area contributed by atoms with Crippen molar-refractivity contribution in [2.75, 3.05) is 0 Å². The van der Waals surface area contributed by atoms with E-state index in [1.165, 1.54) is 0 Å². The molecule has 2 rings (SSSR count). The van der Waals surface area contributed by atoms with Crippen LogP contribution in [0.15, 0.2) is 6.07 Å². The molecule has 21 heavy (non-hydrogen) atoms. The third-order valence-electron chi connectivity index (χ3n) is 4.42. The molecule has 1 aromatic heterocycles. The van der Waals surface area contributed by atoms with E-state index in [0.717, 1.165) is 29.8 Å². The van der Waals surface area contributed by atoms with E-state index in [1.807, 2.05) is 6.92 Å². The van der Waals surface area contributed by atoms with Gasteiger partial charge >= 0.3 is 0 Å². The van der Waals surface area contributed by atoms with Gasteiger partial charge in [-0.3, -0.25) is 11.3 Å². The standard InChI is InChI=1S/C16H28N4O/c1-7-13-11(8-10(2)19-20-13)14(18-17)12-9-15(3,4)21-16(12,5)6/h8,12,14,18H,7,9,17H2,1-6H3. The van der Waals surface area contributed by atoms with Crippen LogP contribution in [-0.2, 0) is 11.2 Å². The molecule has 0 bridgehead atoms. The third-order valence-corrected chi connectivity index (χ3v) is 4.42. The zero-order valence-corrected chi connectivity index (χ0v) is 14.0. The van der Waals surface area contributed by atoms with Crippen molar-refractivity contribution in [1.29, 1.82) is 0 Å². The molecule has 0 aromatic carbocycles. The highest BCUT2D eigenvalue weighted by Crippen LogP contribution is 2.47. The number of aryl methyl sites for hydroxylation is 2. The minimum Gasteiger partial charge on any atom is -0.369 e.